The second-order valence-electron chi connectivity index (χ2n) is 3.59. The number of ether oxygens (including phenoxy) is 1. The first kappa shape index (κ1) is 9.42. The molecule has 1 aliphatic heterocycles. The van der Waals surface area contributed by atoms with Crippen molar-refractivity contribution in [3.8, 4) is 11.5 Å². The fourth-order valence-electron chi connectivity index (χ4n) is 1.69. The van der Waals surface area contributed by atoms with Crippen LogP contribution in [0.4, 0.5) is 0 Å². The summed E-state index contributed by atoms with van der Waals surface area (Å²) in [6.07, 6.45) is 2.68. The van der Waals surface area contributed by atoms with Crippen molar-refractivity contribution in [1.29, 1.82) is 0 Å². The van der Waals surface area contributed by atoms with Crippen LogP contribution in [0.5, 0.6) is 11.5 Å². The van der Waals surface area contributed by atoms with Crippen LogP contribution in [0, 0.1) is 0 Å². The minimum Gasteiger partial charge on any atom is -0.508 e. The fourth-order valence-corrected chi connectivity index (χ4v) is 2.20. The molecule has 80 valence electrons. The molecule has 4 heteroatoms. The lowest BCUT2D eigenvalue weighted by molar-refractivity contribution is 0.440. The maximum atomic E-state index is 9.33. The van der Waals surface area contributed by atoms with E-state index in [1.54, 1.807) is 29.0 Å². The van der Waals surface area contributed by atoms with Gasteiger partial charge in [0, 0.05) is 29.5 Å². The first-order valence-electron chi connectivity index (χ1n) is 4.90. The molecule has 0 bridgehead atoms. The Bertz CT molecular complexity index is 546. The van der Waals surface area contributed by atoms with Gasteiger partial charge in [0.2, 0.25) is 0 Å². The van der Waals surface area contributed by atoms with Crippen molar-refractivity contribution in [2.24, 2.45) is 0 Å². The van der Waals surface area contributed by atoms with Crippen LogP contribution in [0.1, 0.15) is 11.3 Å². The molecular formula is C12H9NO2S. The summed E-state index contributed by atoms with van der Waals surface area (Å²) in [6, 6.07) is 5.19. The molecule has 0 amide bonds. The lowest BCUT2D eigenvalue weighted by Crippen LogP contribution is -1.87. The summed E-state index contributed by atoms with van der Waals surface area (Å²) in [5.74, 6) is 1.83. The highest BCUT2D eigenvalue weighted by Gasteiger charge is 2.17. The van der Waals surface area contributed by atoms with E-state index in [2.05, 4.69) is 4.98 Å². The second kappa shape index (κ2) is 3.64. The van der Waals surface area contributed by atoms with E-state index in [0.29, 0.717) is 0 Å². The van der Waals surface area contributed by atoms with Crippen molar-refractivity contribution in [1.82, 2.24) is 4.98 Å². The van der Waals surface area contributed by atoms with Gasteiger partial charge in [-0.1, -0.05) is 6.07 Å². The smallest absolute Gasteiger partial charge is 0.134 e. The van der Waals surface area contributed by atoms with Crippen molar-refractivity contribution in [3.05, 3.63) is 46.1 Å². The van der Waals surface area contributed by atoms with E-state index >= 15 is 0 Å². The van der Waals surface area contributed by atoms with Gasteiger partial charge in [-0.3, -0.25) is 0 Å². The third kappa shape index (κ3) is 1.67. The molecule has 0 atom stereocenters. The van der Waals surface area contributed by atoms with Crippen LogP contribution in [-0.2, 0) is 6.42 Å². The Morgan fingerprint density at radius 3 is 3.19 bits per heavy atom. The van der Waals surface area contributed by atoms with E-state index < -0.39 is 0 Å². The first-order valence-corrected chi connectivity index (χ1v) is 5.84. The van der Waals surface area contributed by atoms with E-state index in [0.717, 1.165) is 29.2 Å². The van der Waals surface area contributed by atoms with Crippen LogP contribution in [0.15, 0.2) is 34.8 Å². The predicted octanol–water partition coefficient (Wildman–Crippen LogP) is 2.82. The summed E-state index contributed by atoms with van der Waals surface area (Å²) in [4.78, 5) is 4.17. The van der Waals surface area contributed by atoms with E-state index in [9.17, 15) is 5.11 Å². The summed E-state index contributed by atoms with van der Waals surface area (Å²) < 4.78 is 5.63. The molecule has 2 heterocycles. The Labute approximate surface area is 96.7 Å². The molecule has 1 aromatic heterocycles. The van der Waals surface area contributed by atoms with Crippen molar-refractivity contribution in [2.75, 3.05) is 0 Å². The van der Waals surface area contributed by atoms with Crippen LogP contribution in [0.2, 0.25) is 0 Å². The number of aromatic hydroxyl groups is 1. The second-order valence-corrected chi connectivity index (χ2v) is 4.31. The number of thiazole rings is 1. The number of allylic oxidation sites excluding steroid dienone is 1. The SMILES string of the molecule is Oc1ccc2c(c1)O/C(=C\c1cscn1)C2. The topological polar surface area (TPSA) is 42.4 Å². The number of nitrogens with zero attached hydrogens (tertiary/aromatic N) is 1. The molecular weight excluding hydrogens is 222 g/mol. The number of hydrogen-bond donors (Lipinski definition) is 1. The molecule has 0 unspecified atom stereocenters. The zero-order valence-corrected chi connectivity index (χ0v) is 9.20. The van der Waals surface area contributed by atoms with Gasteiger partial charge in [0.1, 0.15) is 17.3 Å². The van der Waals surface area contributed by atoms with Gasteiger partial charge in [-0.25, -0.2) is 4.98 Å². The molecule has 1 aromatic carbocycles. The van der Waals surface area contributed by atoms with Crippen LogP contribution in [0.3, 0.4) is 0 Å². The zero-order valence-electron chi connectivity index (χ0n) is 8.38. The van der Waals surface area contributed by atoms with Gasteiger partial charge in [-0.2, -0.15) is 0 Å². The third-order valence-electron chi connectivity index (χ3n) is 2.42. The van der Waals surface area contributed by atoms with Gasteiger partial charge in [0.15, 0.2) is 0 Å². The molecule has 0 saturated carbocycles. The maximum Gasteiger partial charge on any atom is 0.134 e. The van der Waals surface area contributed by atoms with E-state index in [1.165, 1.54) is 0 Å². The molecule has 0 saturated heterocycles. The quantitative estimate of drug-likeness (QED) is 0.820. The molecule has 3 nitrogen and oxygen atoms in total. The van der Waals surface area contributed by atoms with Crippen molar-refractivity contribution in [2.45, 2.75) is 6.42 Å². The number of rotatable bonds is 1. The van der Waals surface area contributed by atoms with Gasteiger partial charge in [0.05, 0.1) is 11.2 Å². The van der Waals surface area contributed by atoms with Crippen LogP contribution in [-0.4, -0.2) is 10.1 Å². The van der Waals surface area contributed by atoms with Gasteiger partial charge < -0.3 is 9.84 Å². The summed E-state index contributed by atoms with van der Waals surface area (Å²) >= 11 is 1.56. The van der Waals surface area contributed by atoms with Gasteiger partial charge >= 0.3 is 0 Å². The highest BCUT2D eigenvalue weighted by molar-refractivity contribution is 7.07. The Morgan fingerprint density at radius 1 is 1.44 bits per heavy atom. The number of phenols is 1. The molecule has 3 rings (SSSR count). The van der Waals surface area contributed by atoms with Crippen molar-refractivity contribution in [3.63, 3.8) is 0 Å². The van der Waals surface area contributed by atoms with Crippen LogP contribution >= 0.6 is 11.3 Å². The number of benzene rings is 1. The molecule has 1 N–H and O–H groups in total. The van der Waals surface area contributed by atoms with E-state index in [4.69, 9.17) is 4.74 Å². The largest absolute Gasteiger partial charge is 0.508 e. The van der Waals surface area contributed by atoms with Crippen molar-refractivity contribution < 1.29 is 9.84 Å². The first-order chi connectivity index (χ1) is 7.81. The summed E-state index contributed by atoms with van der Waals surface area (Å²) in [7, 11) is 0. The highest BCUT2D eigenvalue weighted by atomic mass is 32.1. The monoisotopic (exact) mass is 231 g/mol. The molecule has 1 aliphatic rings. The minimum absolute atomic E-state index is 0.230. The Hall–Kier alpha value is -1.81. The Kier molecular flexibility index (Phi) is 2.15. The van der Waals surface area contributed by atoms with Crippen LogP contribution < -0.4 is 4.74 Å². The van der Waals surface area contributed by atoms with Crippen molar-refractivity contribution >= 4 is 17.4 Å². The molecule has 0 spiro atoms. The molecule has 0 radical (unpaired) electrons. The molecule has 16 heavy (non-hydrogen) atoms. The number of phenolic OH excluding ortho intramolecular Hbond substituents is 1. The zero-order chi connectivity index (χ0) is 11.0. The summed E-state index contributed by atoms with van der Waals surface area (Å²) in [5.41, 5.74) is 3.80. The van der Waals surface area contributed by atoms with Crippen LogP contribution in [0.25, 0.3) is 6.08 Å². The number of hydrogen-bond acceptors (Lipinski definition) is 4. The Morgan fingerprint density at radius 2 is 2.38 bits per heavy atom. The average Bonchev–Trinajstić information content (AvgIpc) is 2.86. The standard InChI is InChI=1S/C12H9NO2S/c14-10-2-1-8-3-11(15-12(8)5-10)4-9-6-16-7-13-9/h1-2,4-7,14H,3H2/b11-4-. The lowest BCUT2D eigenvalue weighted by Gasteiger charge is -1.98. The third-order valence-corrected chi connectivity index (χ3v) is 3.02. The van der Waals surface area contributed by atoms with Gasteiger partial charge in [0.25, 0.3) is 0 Å². The van der Waals surface area contributed by atoms with Gasteiger partial charge in [-0.15, -0.1) is 11.3 Å². The molecule has 2 aromatic rings. The normalized spacial score (nSPS) is 16.1. The average molecular weight is 231 g/mol. The van der Waals surface area contributed by atoms with E-state index in [-0.39, 0.29) is 5.75 Å². The highest BCUT2D eigenvalue weighted by Crippen LogP contribution is 2.34. The van der Waals surface area contributed by atoms with Gasteiger partial charge in [-0.05, 0) is 6.07 Å². The fraction of sp³-hybridized carbons (Fsp3) is 0.0833. The maximum absolute atomic E-state index is 9.33. The summed E-state index contributed by atoms with van der Waals surface area (Å²) in [6.45, 7) is 0. The summed E-state index contributed by atoms with van der Waals surface area (Å²) in [5, 5.41) is 11.3. The molecule has 0 aliphatic carbocycles. The molecule has 0 fully saturated rings. The number of fused-ring (bicyclic) bond motifs is 1. The Balaban J connectivity index is 1.91. The van der Waals surface area contributed by atoms with E-state index in [1.807, 2.05) is 17.5 Å². The minimum atomic E-state index is 0.230. The lowest BCUT2D eigenvalue weighted by atomic mass is 10.1. The predicted molar refractivity (Wildman–Crippen MR) is 62.5 cm³/mol. The number of aromatic nitrogens is 1.